The number of sulfonamides is 1. The van der Waals surface area contributed by atoms with Crippen LogP contribution in [0.5, 0.6) is 0 Å². The van der Waals surface area contributed by atoms with Gasteiger partial charge in [-0.15, -0.1) is 0 Å². The quantitative estimate of drug-likeness (QED) is 0.839. The third kappa shape index (κ3) is 3.42. The molecule has 1 rings (SSSR count). The number of alkyl halides is 1. The number of hydrogen-bond acceptors (Lipinski definition) is 2. The molecule has 0 aliphatic carbocycles. The summed E-state index contributed by atoms with van der Waals surface area (Å²) in [5.74, 6) is 0. The zero-order valence-corrected chi connectivity index (χ0v) is 11.5. The van der Waals surface area contributed by atoms with E-state index in [1.807, 2.05) is 0 Å². The highest BCUT2D eigenvalue weighted by Crippen LogP contribution is 2.26. The average molecular weight is 363 g/mol. The Morgan fingerprint density at radius 3 is 2.64 bits per heavy atom. The van der Waals surface area contributed by atoms with Crippen molar-refractivity contribution in [3.05, 3.63) is 27.7 Å². The summed E-state index contributed by atoms with van der Waals surface area (Å²) < 4.78 is 25.3. The summed E-state index contributed by atoms with van der Waals surface area (Å²) in [7, 11) is -3.33. The molecule has 7 heteroatoms. The van der Waals surface area contributed by atoms with Gasteiger partial charge in [-0.1, -0.05) is 27.5 Å². The minimum atomic E-state index is -3.33. The van der Waals surface area contributed by atoms with Crippen molar-refractivity contribution in [3.8, 4) is 0 Å². The molecule has 1 N–H and O–H groups in total. The van der Waals surface area contributed by atoms with E-state index in [9.17, 15) is 8.42 Å². The van der Waals surface area contributed by atoms with Crippen molar-refractivity contribution in [2.24, 2.45) is 0 Å². The first kappa shape index (κ1) is 12.3. The summed E-state index contributed by atoms with van der Waals surface area (Å²) in [6.07, 6.45) is 0. The molecule has 78 valence electrons. The van der Waals surface area contributed by atoms with Crippen molar-refractivity contribution in [2.45, 2.75) is 0 Å². The summed E-state index contributed by atoms with van der Waals surface area (Å²) >= 11 is 11.8. The van der Waals surface area contributed by atoms with Gasteiger partial charge in [-0.05, 0) is 34.1 Å². The minimum Gasteiger partial charge on any atom is -0.282 e. The van der Waals surface area contributed by atoms with Crippen molar-refractivity contribution in [1.29, 1.82) is 0 Å². The summed E-state index contributed by atoms with van der Waals surface area (Å²) in [5, 5.41) is 0.473. The fourth-order valence-electron chi connectivity index (χ4n) is 0.771. The topological polar surface area (TPSA) is 46.2 Å². The van der Waals surface area contributed by atoms with Gasteiger partial charge < -0.3 is 0 Å². The van der Waals surface area contributed by atoms with Gasteiger partial charge in [0.1, 0.15) is 4.66 Å². The van der Waals surface area contributed by atoms with Crippen molar-refractivity contribution < 1.29 is 8.42 Å². The Morgan fingerprint density at radius 2 is 2.07 bits per heavy atom. The van der Waals surface area contributed by atoms with Crippen LogP contribution < -0.4 is 4.72 Å². The Balaban J connectivity index is 3.03. The highest BCUT2D eigenvalue weighted by atomic mass is 79.9. The first-order valence-corrected chi connectivity index (χ1v) is 7.40. The van der Waals surface area contributed by atoms with E-state index in [0.29, 0.717) is 15.2 Å². The van der Waals surface area contributed by atoms with Crippen LogP contribution in [0, 0.1) is 0 Å². The molecule has 0 heterocycles. The smallest absolute Gasteiger partial charge is 0.242 e. The largest absolute Gasteiger partial charge is 0.282 e. The summed E-state index contributed by atoms with van der Waals surface area (Å²) in [6.45, 7) is 0. The second-order valence-electron chi connectivity index (χ2n) is 2.45. The van der Waals surface area contributed by atoms with E-state index in [0.717, 1.165) is 0 Å². The van der Waals surface area contributed by atoms with E-state index < -0.39 is 10.0 Å². The van der Waals surface area contributed by atoms with Gasteiger partial charge in [0.15, 0.2) is 0 Å². The third-order valence-corrected chi connectivity index (χ3v) is 4.89. The molecule has 0 aromatic heterocycles. The predicted molar refractivity (Wildman–Crippen MR) is 65.5 cm³/mol. The lowest BCUT2D eigenvalue weighted by Crippen LogP contribution is -2.13. The second kappa shape index (κ2) is 4.83. The zero-order valence-electron chi connectivity index (χ0n) is 6.80. The van der Waals surface area contributed by atoms with E-state index in [-0.39, 0.29) is 4.66 Å². The van der Waals surface area contributed by atoms with Crippen LogP contribution in [-0.2, 0) is 10.0 Å². The number of halogens is 3. The molecular formula is C7H6Br2ClNO2S. The lowest BCUT2D eigenvalue weighted by atomic mass is 10.3. The maximum Gasteiger partial charge on any atom is 0.242 e. The molecule has 0 fully saturated rings. The molecule has 0 saturated heterocycles. The van der Waals surface area contributed by atoms with E-state index in [2.05, 4.69) is 36.6 Å². The van der Waals surface area contributed by atoms with Gasteiger partial charge in [-0.25, -0.2) is 8.42 Å². The Bertz CT molecular complexity index is 435. The molecule has 0 atom stereocenters. The first-order valence-electron chi connectivity index (χ1n) is 3.46. The van der Waals surface area contributed by atoms with Crippen LogP contribution in [0.2, 0.25) is 5.02 Å². The van der Waals surface area contributed by atoms with Crippen molar-refractivity contribution in [3.63, 3.8) is 0 Å². The van der Waals surface area contributed by atoms with Gasteiger partial charge in [0, 0.05) is 9.50 Å². The summed E-state index contributed by atoms with van der Waals surface area (Å²) in [6, 6.07) is 4.87. The van der Waals surface area contributed by atoms with Gasteiger partial charge in [0.2, 0.25) is 10.0 Å². The Kier molecular flexibility index (Phi) is 4.24. The van der Waals surface area contributed by atoms with Gasteiger partial charge in [-0.3, -0.25) is 4.72 Å². The molecule has 0 radical (unpaired) electrons. The highest BCUT2D eigenvalue weighted by molar-refractivity contribution is 9.11. The van der Waals surface area contributed by atoms with Gasteiger partial charge >= 0.3 is 0 Å². The fourth-order valence-corrected chi connectivity index (χ4v) is 2.32. The number of hydrogen-bond donors (Lipinski definition) is 1. The van der Waals surface area contributed by atoms with Crippen LogP contribution in [0.4, 0.5) is 5.69 Å². The molecule has 1 aromatic carbocycles. The molecule has 0 bridgehead atoms. The zero-order chi connectivity index (χ0) is 10.8. The molecule has 0 spiro atoms. The van der Waals surface area contributed by atoms with E-state index in [1.54, 1.807) is 12.1 Å². The number of benzene rings is 1. The molecule has 0 saturated carbocycles. The number of rotatable bonds is 3. The van der Waals surface area contributed by atoms with Crippen LogP contribution >= 0.6 is 43.5 Å². The van der Waals surface area contributed by atoms with Crippen LogP contribution in [0.1, 0.15) is 0 Å². The maximum atomic E-state index is 11.2. The summed E-state index contributed by atoms with van der Waals surface area (Å²) in [4.78, 5) is 0. The Morgan fingerprint density at radius 1 is 1.43 bits per heavy atom. The minimum absolute atomic E-state index is 0.154. The first-order chi connectivity index (χ1) is 6.44. The predicted octanol–water partition coefficient (Wildman–Crippen LogP) is 3.20. The Labute approximate surface area is 104 Å². The van der Waals surface area contributed by atoms with Crippen LogP contribution in [-0.4, -0.2) is 13.1 Å². The lowest BCUT2D eigenvalue weighted by molar-refractivity contribution is 0.606. The lowest BCUT2D eigenvalue weighted by Gasteiger charge is -2.07. The third-order valence-electron chi connectivity index (χ3n) is 1.34. The fraction of sp³-hybridized carbons (Fsp3) is 0.143. The number of nitrogens with one attached hydrogen (secondary N) is 1. The standard InChI is InChI=1S/C7H6Br2ClNO2S/c8-4-14(12,13)11-7-3-5(10)1-2-6(7)9/h1-3,11H,4H2. The SMILES string of the molecule is O=S(=O)(CBr)Nc1cc(Cl)ccc1Br. The summed E-state index contributed by atoms with van der Waals surface area (Å²) in [5.41, 5.74) is 0.428. The van der Waals surface area contributed by atoms with E-state index in [4.69, 9.17) is 11.6 Å². The molecule has 0 aliphatic heterocycles. The molecule has 14 heavy (non-hydrogen) atoms. The number of anilines is 1. The molecule has 0 aliphatic rings. The van der Waals surface area contributed by atoms with Gasteiger partial charge in [-0.2, -0.15) is 0 Å². The van der Waals surface area contributed by atoms with Crippen molar-refractivity contribution in [2.75, 3.05) is 9.38 Å². The van der Waals surface area contributed by atoms with Gasteiger partial charge in [0.05, 0.1) is 5.69 Å². The molecular weight excluding hydrogens is 357 g/mol. The monoisotopic (exact) mass is 361 g/mol. The molecule has 0 amide bonds. The van der Waals surface area contributed by atoms with Crippen LogP contribution in [0.3, 0.4) is 0 Å². The highest BCUT2D eigenvalue weighted by Gasteiger charge is 2.10. The van der Waals surface area contributed by atoms with Crippen LogP contribution in [0.15, 0.2) is 22.7 Å². The van der Waals surface area contributed by atoms with Gasteiger partial charge in [0.25, 0.3) is 0 Å². The van der Waals surface area contributed by atoms with E-state index >= 15 is 0 Å². The molecule has 0 unspecified atom stereocenters. The van der Waals surface area contributed by atoms with Crippen molar-refractivity contribution in [1.82, 2.24) is 0 Å². The van der Waals surface area contributed by atoms with Crippen LogP contribution in [0.25, 0.3) is 0 Å². The van der Waals surface area contributed by atoms with Crippen molar-refractivity contribution >= 4 is 59.2 Å². The maximum absolute atomic E-state index is 11.2. The molecule has 1 aromatic rings. The second-order valence-corrected chi connectivity index (χ2v) is 6.77. The normalized spacial score (nSPS) is 11.4. The Hall–Kier alpha value is 0.220. The molecule has 3 nitrogen and oxygen atoms in total. The van der Waals surface area contributed by atoms with E-state index in [1.165, 1.54) is 6.07 Å². The average Bonchev–Trinajstić information content (AvgIpc) is 2.11.